The fourth-order valence-electron chi connectivity index (χ4n) is 3.29. The largest absolute Gasteiger partial charge is 0.416 e. The minimum absolute atomic E-state index is 0.132. The summed E-state index contributed by atoms with van der Waals surface area (Å²) in [6.45, 7) is 0.874. The molecule has 0 spiro atoms. The Bertz CT molecular complexity index is 1070. The Labute approximate surface area is 205 Å². The van der Waals surface area contributed by atoms with Gasteiger partial charge < -0.3 is 19.9 Å². The first kappa shape index (κ1) is 26.2. The number of carbonyl (C=O) groups excluding carboxylic acids is 2. The molecule has 0 saturated heterocycles. The average molecular weight is 506 g/mol. The minimum Gasteiger partial charge on any atom is -0.383 e. The maximum Gasteiger partial charge on any atom is 0.416 e. The predicted octanol–water partition coefficient (Wildman–Crippen LogP) is 5.48. The summed E-state index contributed by atoms with van der Waals surface area (Å²) in [6.07, 6.45) is -4.47. The van der Waals surface area contributed by atoms with E-state index in [1.54, 1.807) is 4.90 Å². The molecule has 3 aromatic rings. The molecule has 0 unspecified atom stereocenters. The molecule has 1 N–H and O–H groups in total. The van der Waals surface area contributed by atoms with Crippen LogP contribution in [0.5, 0.6) is 0 Å². The van der Waals surface area contributed by atoms with Crippen LogP contribution in [0.2, 0.25) is 0 Å². The van der Waals surface area contributed by atoms with Crippen molar-refractivity contribution in [2.75, 3.05) is 32.1 Å². The Morgan fingerprint density at radius 2 is 1.66 bits per heavy atom. The van der Waals surface area contributed by atoms with Gasteiger partial charge in [0.2, 0.25) is 5.91 Å². The number of nitrogens with zero attached hydrogens (tertiary/aromatic N) is 2. The first-order valence-corrected chi connectivity index (χ1v) is 11.7. The molecule has 186 valence electrons. The highest BCUT2D eigenvalue weighted by Crippen LogP contribution is 2.29. The van der Waals surface area contributed by atoms with Crippen LogP contribution >= 0.6 is 11.3 Å². The van der Waals surface area contributed by atoms with Crippen molar-refractivity contribution < 1.29 is 27.5 Å². The summed E-state index contributed by atoms with van der Waals surface area (Å²) in [5, 5.41) is 4.50. The monoisotopic (exact) mass is 505 g/mol. The topological polar surface area (TPSA) is 61.9 Å². The molecular weight excluding hydrogens is 479 g/mol. The molecule has 1 aromatic heterocycles. The van der Waals surface area contributed by atoms with Crippen LogP contribution in [-0.2, 0) is 28.8 Å². The van der Waals surface area contributed by atoms with Crippen molar-refractivity contribution >= 4 is 29.0 Å². The molecule has 2 aromatic carbocycles. The molecule has 0 fully saturated rings. The standard InChI is InChI=1S/C25H26F3N3O3S/c1-34-14-13-30(24(33)29-21-11-9-20(10-12-21)25(26,27)28)18-23(32)31(17-22-8-5-15-35-22)16-19-6-3-2-4-7-19/h2-12,15H,13-14,16-18H2,1H3,(H,29,33). The Morgan fingerprint density at radius 3 is 2.26 bits per heavy atom. The Morgan fingerprint density at radius 1 is 0.943 bits per heavy atom. The third-order valence-electron chi connectivity index (χ3n) is 5.14. The molecule has 0 atom stereocenters. The molecule has 0 radical (unpaired) electrons. The quantitative estimate of drug-likeness (QED) is 0.397. The van der Waals surface area contributed by atoms with Gasteiger partial charge in [-0.15, -0.1) is 11.3 Å². The van der Waals surface area contributed by atoms with Crippen molar-refractivity contribution in [3.63, 3.8) is 0 Å². The van der Waals surface area contributed by atoms with Crippen LogP contribution in [0, 0.1) is 0 Å². The first-order chi connectivity index (χ1) is 16.8. The predicted molar refractivity (Wildman–Crippen MR) is 129 cm³/mol. The molecule has 0 aliphatic rings. The highest BCUT2D eigenvalue weighted by molar-refractivity contribution is 7.09. The molecule has 0 aliphatic heterocycles. The SMILES string of the molecule is COCCN(CC(=O)N(Cc1ccccc1)Cc1cccs1)C(=O)Nc1ccc(C(F)(F)F)cc1. The Kier molecular flexibility index (Phi) is 9.27. The van der Waals surface area contributed by atoms with E-state index >= 15 is 0 Å². The van der Waals surface area contributed by atoms with Crippen molar-refractivity contribution in [3.05, 3.63) is 88.1 Å². The van der Waals surface area contributed by atoms with Gasteiger partial charge in [0.1, 0.15) is 6.54 Å². The lowest BCUT2D eigenvalue weighted by molar-refractivity contribution is -0.137. The molecule has 1 heterocycles. The number of ether oxygens (including phenoxy) is 1. The van der Waals surface area contributed by atoms with Crippen LogP contribution in [0.25, 0.3) is 0 Å². The van der Waals surface area contributed by atoms with E-state index in [0.717, 1.165) is 22.6 Å². The molecule has 0 saturated carbocycles. The summed E-state index contributed by atoms with van der Waals surface area (Å²) in [5.41, 5.74) is 0.333. The van der Waals surface area contributed by atoms with E-state index in [4.69, 9.17) is 4.74 Å². The van der Waals surface area contributed by atoms with Crippen molar-refractivity contribution in [3.8, 4) is 0 Å². The van der Waals surface area contributed by atoms with Gasteiger partial charge in [-0.05, 0) is 41.3 Å². The number of benzene rings is 2. The second-order valence-electron chi connectivity index (χ2n) is 7.73. The highest BCUT2D eigenvalue weighted by Gasteiger charge is 2.30. The van der Waals surface area contributed by atoms with Gasteiger partial charge in [0.05, 0.1) is 18.7 Å². The molecule has 6 nitrogen and oxygen atoms in total. The lowest BCUT2D eigenvalue weighted by Crippen LogP contribution is -2.45. The molecule has 3 amide bonds. The number of thiophene rings is 1. The number of amides is 3. The number of urea groups is 1. The van der Waals surface area contributed by atoms with Crippen LogP contribution in [0.15, 0.2) is 72.1 Å². The fraction of sp³-hybridized carbons (Fsp3) is 0.280. The summed E-state index contributed by atoms with van der Waals surface area (Å²) >= 11 is 1.54. The number of hydrogen-bond donors (Lipinski definition) is 1. The van der Waals surface area contributed by atoms with E-state index < -0.39 is 17.8 Å². The number of rotatable bonds is 10. The normalized spacial score (nSPS) is 11.2. The van der Waals surface area contributed by atoms with Gasteiger partial charge in [0.15, 0.2) is 0 Å². The van der Waals surface area contributed by atoms with E-state index in [9.17, 15) is 22.8 Å². The van der Waals surface area contributed by atoms with Crippen molar-refractivity contribution in [2.24, 2.45) is 0 Å². The van der Waals surface area contributed by atoms with Gasteiger partial charge in [-0.2, -0.15) is 13.2 Å². The van der Waals surface area contributed by atoms with E-state index in [-0.39, 0.29) is 31.3 Å². The van der Waals surface area contributed by atoms with Crippen LogP contribution in [0.1, 0.15) is 16.0 Å². The van der Waals surface area contributed by atoms with Crippen molar-refractivity contribution in [2.45, 2.75) is 19.3 Å². The zero-order chi connectivity index (χ0) is 25.3. The lowest BCUT2D eigenvalue weighted by atomic mass is 10.2. The van der Waals surface area contributed by atoms with Crippen molar-refractivity contribution in [1.82, 2.24) is 9.80 Å². The number of methoxy groups -OCH3 is 1. The van der Waals surface area contributed by atoms with Gasteiger partial charge in [0.25, 0.3) is 0 Å². The number of nitrogens with one attached hydrogen (secondary N) is 1. The summed E-state index contributed by atoms with van der Waals surface area (Å²) in [7, 11) is 1.48. The minimum atomic E-state index is -4.47. The van der Waals surface area contributed by atoms with E-state index in [0.29, 0.717) is 13.1 Å². The summed E-state index contributed by atoms with van der Waals surface area (Å²) in [4.78, 5) is 30.2. The summed E-state index contributed by atoms with van der Waals surface area (Å²) in [5.74, 6) is -0.263. The number of carbonyl (C=O) groups is 2. The number of alkyl halides is 3. The number of hydrogen-bond acceptors (Lipinski definition) is 4. The van der Waals surface area contributed by atoms with Crippen LogP contribution in [-0.4, -0.2) is 48.5 Å². The highest BCUT2D eigenvalue weighted by atomic mass is 32.1. The summed E-state index contributed by atoms with van der Waals surface area (Å²) < 4.78 is 43.5. The molecule has 10 heteroatoms. The van der Waals surface area contributed by atoms with Gasteiger partial charge >= 0.3 is 12.2 Å². The zero-order valence-electron chi connectivity index (χ0n) is 19.1. The van der Waals surface area contributed by atoms with E-state index in [1.807, 2.05) is 47.8 Å². The van der Waals surface area contributed by atoms with Crippen LogP contribution in [0.4, 0.5) is 23.7 Å². The third kappa shape index (κ3) is 8.11. The second kappa shape index (κ2) is 12.4. The second-order valence-corrected chi connectivity index (χ2v) is 8.77. The first-order valence-electron chi connectivity index (χ1n) is 10.8. The van der Waals surface area contributed by atoms with Crippen LogP contribution < -0.4 is 5.32 Å². The Hall–Kier alpha value is -3.37. The van der Waals surface area contributed by atoms with Gasteiger partial charge in [0, 0.05) is 30.8 Å². The fourth-order valence-corrected chi connectivity index (χ4v) is 4.01. The van der Waals surface area contributed by atoms with E-state index in [1.165, 1.54) is 35.5 Å². The molecular formula is C25H26F3N3O3S. The van der Waals surface area contributed by atoms with Gasteiger partial charge in [-0.1, -0.05) is 36.4 Å². The zero-order valence-corrected chi connectivity index (χ0v) is 19.9. The third-order valence-corrected chi connectivity index (χ3v) is 6.00. The van der Waals surface area contributed by atoms with Gasteiger partial charge in [-0.25, -0.2) is 4.79 Å². The number of halogens is 3. The molecule has 3 rings (SSSR count). The molecule has 0 aliphatic carbocycles. The maximum absolute atomic E-state index is 13.3. The molecule has 0 bridgehead atoms. The van der Waals surface area contributed by atoms with E-state index in [2.05, 4.69) is 5.32 Å². The Balaban J connectivity index is 1.72. The smallest absolute Gasteiger partial charge is 0.383 e. The lowest BCUT2D eigenvalue weighted by Gasteiger charge is -2.27. The van der Waals surface area contributed by atoms with Crippen molar-refractivity contribution in [1.29, 1.82) is 0 Å². The van der Waals surface area contributed by atoms with Crippen LogP contribution in [0.3, 0.4) is 0 Å². The number of anilines is 1. The average Bonchev–Trinajstić information content (AvgIpc) is 3.35. The summed E-state index contributed by atoms with van der Waals surface area (Å²) in [6, 6.07) is 16.9. The van der Waals surface area contributed by atoms with Gasteiger partial charge in [-0.3, -0.25) is 4.79 Å². The molecule has 35 heavy (non-hydrogen) atoms. The maximum atomic E-state index is 13.3.